The number of carbonyl (C=O) groups is 1. The van der Waals surface area contributed by atoms with Gasteiger partial charge in [-0.25, -0.2) is 4.98 Å². The van der Waals surface area contributed by atoms with Gasteiger partial charge in [0.1, 0.15) is 5.84 Å². The van der Waals surface area contributed by atoms with E-state index in [-0.39, 0.29) is 5.91 Å². The molecule has 3 aromatic rings. The second-order valence-electron chi connectivity index (χ2n) is 6.03. The fourth-order valence-electron chi connectivity index (χ4n) is 2.90. The monoisotopic (exact) mass is 345 g/mol. The molecule has 6 heteroatoms. The van der Waals surface area contributed by atoms with Crippen LogP contribution < -0.4 is 10.6 Å². The number of carbonyl (C=O) groups excluding carboxylic acids is 1. The summed E-state index contributed by atoms with van der Waals surface area (Å²) < 4.78 is 1.89. The lowest BCUT2D eigenvalue weighted by Gasteiger charge is -2.18. The topological polar surface area (TPSA) is 71.3 Å². The van der Waals surface area contributed by atoms with Crippen molar-refractivity contribution in [2.24, 2.45) is 4.99 Å². The van der Waals surface area contributed by atoms with Crippen molar-refractivity contribution in [3.63, 3.8) is 0 Å². The van der Waals surface area contributed by atoms with Gasteiger partial charge in [0.2, 0.25) is 0 Å². The molecule has 0 saturated heterocycles. The molecule has 26 heavy (non-hydrogen) atoms. The Morgan fingerprint density at radius 3 is 2.69 bits per heavy atom. The third-order valence-electron chi connectivity index (χ3n) is 4.26. The first kappa shape index (κ1) is 16.1. The Morgan fingerprint density at radius 1 is 1.12 bits per heavy atom. The zero-order valence-electron chi connectivity index (χ0n) is 14.2. The molecule has 6 nitrogen and oxygen atoms in total. The van der Waals surface area contributed by atoms with E-state index in [0.717, 1.165) is 42.3 Å². The number of aromatic nitrogens is 2. The molecule has 0 unspecified atom stereocenters. The van der Waals surface area contributed by atoms with E-state index in [1.54, 1.807) is 12.5 Å². The van der Waals surface area contributed by atoms with Crippen molar-refractivity contribution in [3.05, 3.63) is 78.4 Å². The van der Waals surface area contributed by atoms with Gasteiger partial charge in [0, 0.05) is 42.3 Å². The Hall–Kier alpha value is -3.41. The summed E-state index contributed by atoms with van der Waals surface area (Å²) in [6.45, 7) is 1.71. The van der Waals surface area contributed by atoms with Crippen LogP contribution in [0.15, 0.2) is 72.2 Å². The van der Waals surface area contributed by atoms with Crippen molar-refractivity contribution >= 4 is 17.4 Å². The van der Waals surface area contributed by atoms with Gasteiger partial charge in [-0.1, -0.05) is 12.1 Å². The standard InChI is InChI=1S/C20H19N5O/c26-20(15-6-8-16(9-7-15)25-13-12-21-14-25)24-18-5-2-1-4-17(18)19-22-10-3-11-23-19/h1-2,4-9,12-14H,3,10-11H2,(H,22,23)(H,24,26). The Morgan fingerprint density at radius 2 is 1.96 bits per heavy atom. The first-order chi connectivity index (χ1) is 12.8. The van der Waals surface area contributed by atoms with E-state index < -0.39 is 0 Å². The highest BCUT2D eigenvalue weighted by molar-refractivity contribution is 6.10. The van der Waals surface area contributed by atoms with Crippen LogP contribution in [0.4, 0.5) is 5.69 Å². The molecule has 0 aliphatic carbocycles. The average Bonchev–Trinajstić information content (AvgIpc) is 3.24. The third-order valence-corrected chi connectivity index (χ3v) is 4.26. The van der Waals surface area contributed by atoms with E-state index in [9.17, 15) is 4.79 Å². The second-order valence-corrected chi connectivity index (χ2v) is 6.03. The van der Waals surface area contributed by atoms with E-state index in [2.05, 4.69) is 20.6 Å². The van der Waals surface area contributed by atoms with Crippen LogP contribution in [0, 0.1) is 0 Å². The molecule has 2 N–H and O–H groups in total. The second kappa shape index (κ2) is 7.23. The van der Waals surface area contributed by atoms with Gasteiger partial charge in [-0.05, 0) is 42.8 Å². The predicted octanol–water partition coefficient (Wildman–Crippen LogP) is 2.86. The SMILES string of the molecule is O=C(Nc1ccccc1C1=NCCCN1)c1ccc(-n2ccnc2)cc1. The zero-order chi connectivity index (χ0) is 17.8. The highest BCUT2D eigenvalue weighted by atomic mass is 16.1. The highest BCUT2D eigenvalue weighted by Gasteiger charge is 2.14. The Balaban J connectivity index is 1.54. The van der Waals surface area contributed by atoms with Crippen molar-refractivity contribution in [3.8, 4) is 5.69 Å². The van der Waals surface area contributed by atoms with Crippen LogP contribution in [0.2, 0.25) is 0 Å². The van der Waals surface area contributed by atoms with E-state index >= 15 is 0 Å². The Bertz CT molecular complexity index is 929. The van der Waals surface area contributed by atoms with Gasteiger partial charge < -0.3 is 15.2 Å². The number of rotatable bonds is 4. The normalized spacial score (nSPS) is 13.6. The first-order valence-electron chi connectivity index (χ1n) is 8.59. The van der Waals surface area contributed by atoms with Crippen LogP contribution in [-0.2, 0) is 0 Å². The van der Waals surface area contributed by atoms with Gasteiger partial charge >= 0.3 is 0 Å². The molecule has 0 atom stereocenters. The number of nitrogens with zero attached hydrogens (tertiary/aromatic N) is 3. The van der Waals surface area contributed by atoms with Gasteiger partial charge in [0.25, 0.3) is 5.91 Å². The van der Waals surface area contributed by atoms with Crippen LogP contribution in [-0.4, -0.2) is 34.4 Å². The minimum absolute atomic E-state index is 0.147. The van der Waals surface area contributed by atoms with Crippen molar-refractivity contribution in [2.45, 2.75) is 6.42 Å². The van der Waals surface area contributed by atoms with E-state index in [1.165, 1.54) is 0 Å². The van der Waals surface area contributed by atoms with Gasteiger partial charge in [-0.15, -0.1) is 0 Å². The molecule has 130 valence electrons. The van der Waals surface area contributed by atoms with Crippen molar-refractivity contribution < 1.29 is 4.79 Å². The van der Waals surface area contributed by atoms with Crippen LogP contribution in [0.25, 0.3) is 5.69 Å². The van der Waals surface area contributed by atoms with E-state index in [4.69, 9.17) is 0 Å². The third kappa shape index (κ3) is 3.35. The summed E-state index contributed by atoms with van der Waals surface area (Å²) >= 11 is 0. The lowest BCUT2D eigenvalue weighted by atomic mass is 10.1. The van der Waals surface area contributed by atoms with Gasteiger partial charge in [-0.3, -0.25) is 9.79 Å². The summed E-state index contributed by atoms with van der Waals surface area (Å²) in [6.07, 6.45) is 6.34. The number of hydrogen-bond donors (Lipinski definition) is 2. The number of amides is 1. The molecular weight excluding hydrogens is 326 g/mol. The summed E-state index contributed by atoms with van der Waals surface area (Å²) in [6, 6.07) is 15.1. The lowest BCUT2D eigenvalue weighted by molar-refractivity contribution is 0.102. The maximum atomic E-state index is 12.7. The quantitative estimate of drug-likeness (QED) is 0.764. The van der Waals surface area contributed by atoms with Crippen LogP contribution in [0.3, 0.4) is 0 Å². The molecule has 0 saturated carbocycles. The molecule has 1 aromatic heterocycles. The van der Waals surface area contributed by atoms with Crippen molar-refractivity contribution in [1.29, 1.82) is 0 Å². The number of amidine groups is 1. The number of benzene rings is 2. The molecule has 1 aliphatic heterocycles. The first-order valence-corrected chi connectivity index (χ1v) is 8.59. The average molecular weight is 345 g/mol. The molecule has 0 radical (unpaired) electrons. The Kier molecular flexibility index (Phi) is 4.47. The largest absolute Gasteiger partial charge is 0.370 e. The summed E-state index contributed by atoms with van der Waals surface area (Å²) in [5.74, 6) is 0.689. The van der Waals surface area contributed by atoms with Crippen LogP contribution in [0.5, 0.6) is 0 Å². The summed E-state index contributed by atoms with van der Waals surface area (Å²) in [5, 5.41) is 6.30. The van der Waals surface area contributed by atoms with Gasteiger partial charge in [0.15, 0.2) is 0 Å². The number of imidazole rings is 1. The van der Waals surface area contributed by atoms with Crippen molar-refractivity contribution in [2.75, 3.05) is 18.4 Å². The smallest absolute Gasteiger partial charge is 0.255 e. The van der Waals surface area contributed by atoms with Crippen LogP contribution >= 0.6 is 0 Å². The van der Waals surface area contributed by atoms with E-state index in [1.807, 2.05) is 59.3 Å². The molecule has 1 aliphatic rings. The van der Waals surface area contributed by atoms with E-state index in [0.29, 0.717) is 5.56 Å². The Labute approximate surface area is 151 Å². The number of para-hydroxylation sites is 1. The fraction of sp³-hybridized carbons (Fsp3) is 0.150. The van der Waals surface area contributed by atoms with Crippen LogP contribution in [0.1, 0.15) is 22.3 Å². The molecule has 2 heterocycles. The van der Waals surface area contributed by atoms with Gasteiger partial charge in [0.05, 0.1) is 12.0 Å². The molecule has 0 spiro atoms. The number of hydrogen-bond acceptors (Lipinski definition) is 4. The summed E-state index contributed by atoms with van der Waals surface area (Å²) in [4.78, 5) is 21.2. The molecular formula is C20H19N5O. The summed E-state index contributed by atoms with van der Waals surface area (Å²) in [5.41, 5.74) is 3.22. The molecule has 0 fully saturated rings. The highest BCUT2D eigenvalue weighted by Crippen LogP contribution is 2.18. The van der Waals surface area contributed by atoms with Crippen molar-refractivity contribution in [1.82, 2.24) is 14.9 Å². The minimum Gasteiger partial charge on any atom is -0.370 e. The molecule has 2 aromatic carbocycles. The maximum Gasteiger partial charge on any atom is 0.255 e. The molecule has 1 amide bonds. The zero-order valence-corrected chi connectivity index (χ0v) is 14.2. The molecule has 0 bridgehead atoms. The number of aliphatic imine (C=N–C) groups is 1. The molecule has 4 rings (SSSR count). The number of nitrogens with one attached hydrogen (secondary N) is 2. The fourth-order valence-corrected chi connectivity index (χ4v) is 2.90. The number of anilines is 1. The maximum absolute atomic E-state index is 12.7. The summed E-state index contributed by atoms with van der Waals surface area (Å²) in [7, 11) is 0. The lowest BCUT2D eigenvalue weighted by Crippen LogP contribution is -2.31. The van der Waals surface area contributed by atoms with Gasteiger partial charge in [-0.2, -0.15) is 0 Å². The minimum atomic E-state index is -0.147. The predicted molar refractivity (Wildman–Crippen MR) is 102 cm³/mol.